The van der Waals surface area contributed by atoms with Crippen LogP contribution in [0.3, 0.4) is 0 Å². The zero-order chi connectivity index (χ0) is 16.9. The van der Waals surface area contributed by atoms with E-state index in [1.54, 1.807) is 54.6 Å². The molecule has 1 aliphatic carbocycles. The smallest absolute Gasteiger partial charge is 0.330 e. The molecular formula is C19H19NO4. The zero-order valence-corrected chi connectivity index (χ0v) is 13.1. The molecule has 0 bridgehead atoms. The summed E-state index contributed by atoms with van der Waals surface area (Å²) in [5.74, 6) is -0.796. The van der Waals surface area contributed by atoms with Gasteiger partial charge < -0.3 is 15.2 Å². The van der Waals surface area contributed by atoms with Gasteiger partial charge in [0.05, 0.1) is 6.10 Å². The molecule has 0 radical (unpaired) electrons. The maximum Gasteiger partial charge on any atom is 0.330 e. The maximum absolute atomic E-state index is 12.3. The van der Waals surface area contributed by atoms with Crippen molar-refractivity contribution in [2.24, 2.45) is 0 Å². The molecule has 124 valence electrons. The minimum atomic E-state index is -1.10. The van der Waals surface area contributed by atoms with Crippen LogP contribution in [0, 0.1) is 0 Å². The first-order valence-electron chi connectivity index (χ1n) is 7.99. The lowest BCUT2D eigenvalue weighted by atomic mass is 9.96. The summed E-state index contributed by atoms with van der Waals surface area (Å²) in [5.41, 5.74) is 0.932. The zero-order valence-electron chi connectivity index (χ0n) is 13.1. The molecule has 1 saturated carbocycles. The van der Waals surface area contributed by atoms with E-state index >= 15 is 0 Å². The van der Waals surface area contributed by atoms with Crippen LogP contribution < -0.4 is 10.1 Å². The van der Waals surface area contributed by atoms with Crippen molar-refractivity contribution in [3.05, 3.63) is 65.7 Å². The van der Waals surface area contributed by atoms with Crippen molar-refractivity contribution in [1.29, 1.82) is 0 Å². The van der Waals surface area contributed by atoms with Gasteiger partial charge in [0.2, 0.25) is 0 Å². The number of rotatable bonds is 6. The molecule has 0 heterocycles. The summed E-state index contributed by atoms with van der Waals surface area (Å²) < 4.78 is 5.75. The maximum atomic E-state index is 12.3. The minimum Gasteiger partial charge on any atom is -0.490 e. The molecule has 24 heavy (non-hydrogen) atoms. The van der Waals surface area contributed by atoms with Crippen molar-refractivity contribution in [3.63, 3.8) is 0 Å². The van der Waals surface area contributed by atoms with Crippen molar-refractivity contribution in [1.82, 2.24) is 5.32 Å². The molecule has 5 nitrogen and oxygen atoms in total. The van der Waals surface area contributed by atoms with E-state index in [-0.39, 0.29) is 6.10 Å². The summed E-state index contributed by atoms with van der Waals surface area (Å²) in [6.45, 7) is 0. The first-order chi connectivity index (χ1) is 11.6. The Hall–Kier alpha value is -2.82. The summed E-state index contributed by atoms with van der Waals surface area (Å²) in [6.07, 6.45) is 3.61. The van der Waals surface area contributed by atoms with Gasteiger partial charge in [0.1, 0.15) is 5.75 Å². The Labute approximate surface area is 140 Å². The van der Waals surface area contributed by atoms with Gasteiger partial charge in [0.25, 0.3) is 5.91 Å². The number of benzene rings is 2. The van der Waals surface area contributed by atoms with Crippen LogP contribution in [0.5, 0.6) is 5.75 Å². The molecule has 0 spiro atoms. The molecule has 0 aromatic heterocycles. The molecule has 0 saturated heterocycles. The SMILES string of the molecule is O=C(N[C@@H](C(=O)O)c1ccccc1)c1ccc(OC2CCC2)cc1. The van der Waals surface area contributed by atoms with E-state index in [2.05, 4.69) is 5.32 Å². The summed E-state index contributed by atoms with van der Waals surface area (Å²) in [7, 11) is 0. The number of hydrogen-bond acceptors (Lipinski definition) is 3. The van der Waals surface area contributed by atoms with Crippen molar-refractivity contribution < 1.29 is 19.4 Å². The Balaban J connectivity index is 1.67. The van der Waals surface area contributed by atoms with E-state index in [0.29, 0.717) is 11.1 Å². The van der Waals surface area contributed by atoms with E-state index < -0.39 is 17.9 Å². The number of aliphatic carboxylic acids is 1. The van der Waals surface area contributed by atoms with Crippen molar-refractivity contribution >= 4 is 11.9 Å². The highest BCUT2D eigenvalue weighted by molar-refractivity contribution is 5.96. The van der Waals surface area contributed by atoms with Crippen molar-refractivity contribution in [3.8, 4) is 5.75 Å². The second kappa shape index (κ2) is 7.17. The molecule has 2 N–H and O–H groups in total. The highest BCUT2D eigenvalue weighted by atomic mass is 16.5. The number of carbonyl (C=O) groups excluding carboxylic acids is 1. The highest BCUT2D eigenvalue weighted by Crippen LogP contribution is 2.25. The van der Waals surface area contributed by atoms with Gasteiger partial charge in [-0.05, 0) is 49.1 Å². The molecule has 2 aromatic carbocycles. The topological polar surface area (TPSA) is 75.6 Å². The van der Waals surface area contributed by atoms with Crippen LogP contribution in [0.2, 0.25) is 0 Å². The molecule has 2 aromatic rings. The van der Waals surface area contributed by atoms with Crippen LogP contribution in [0.4, 0.5) is 0 Å². The van der Waals surface area contributed by atoms with Gasteiger partial charge >= 0.3 is 5.97 Å². The number of nitrogens with one attached hydrogen (secondary N) is 1. The molecule has 1 atom stereocenters. The van der Waals surface area contributed by atoms with E-state index in [9.17, 15) is 14.7 Å². The fourth-order valence-corrected chi connectivity index (χ4v) is 2.51. The Morgan fingerprint density at radius 3 is 2.25 bits per heavy atom. The van der Waals surface area contributed by atoms with Gasteiger partial charge in [-0.1, -0.05) is 30.3 Å². The number of ether oxygens (including phenoxy) is 1. The monoisotopic (exact) mass is 325 g/mol. The first-order valence-corrected chi connectivity index (χ1v) is 7.99. The molecule has 0 unspecified atom stereocenters. The van der Waals surface area contributed by atoms with Gasteiger partial charge in [-0.3, -0.25) is 4.79 Å². The normalized spacial score (nSPS) is 15.2. The van der Waals surface area contributed by atoms with Crippen molar-refractivity contribution in [2.45, 2.75) is 31.4 Å². The lowest BCUT2D eigenvalue weighted by Crippen LogP contribution is -2.33. The third-order valence-electron chi connectivity index (χ3n) is 4.13. The number of carboxylic acid groups (broad SMARTS) is 1. The summed E-state index contributed by atoms with van der Waals surface area (Å²) in [5, 5.41) is 11.9. The molecule has 3 rings (SSSR count). The van der Waals surface area contributed by atoms with Crippen LogP contribution in [0.15, 0.2) is 54.6 Å². The van der Waals surface area contributed by atoms with Crippen LogP contribution in [0.1, 0.15) is 41.2 Å². The molecule has 5 heteroatoms. The van der Waals surface area contributed by atoms with E-state index in [4.69, 9.17) is 4.74 Å². The molecule has 1 aliphatic rings. The van der Waals surface area contributed by atoms with E-state index in [1.807, 2.05) is 0 Å². The van der Waals surface area contributed by atoms with Gasteiger partial charge in [-0.15, -0.1) is 0 Å². The van der Waals surface area contributed by atoms with Gasteiger partial charge in [-0.25, -0.2) is 4.79 Å². The van der Waals surface area contributed by atoms with Crippen LogP contribution >= 0.6 is 0 Å². The summed E-state index contributed by atoms with van der Waals surface area (Å²) in [4.78, 5) is 23.8. The molecule has 1 amide bonds. The average molecular weight is 325 g/mol. The Morgan fingerprint density at radius 2 is 1.71 bits per heavy atom. The summed E-state index contributed by atoms with van der Waals surface area (Å²) >= 11 is 0. The van der Waals surface area contributed by atoms with Gasteiger partial charge in [0.15, 0.2) is 6.04 Å². The number of hydrogen-bond donors (Lipinski definition) is 2. The predicted molar refractivity (Wildman–Crippen MR) is 89.0 cm³/mol. The minimum absolute atomic E-state index is 0.277. The molecule has 0 aliphatic heterocycles. The van der Waals surface area contributed by atoms with Gasteiger partial charge in [0, 0.05) is 5.56 Å². The van der Waals surface area contributed by atoms with Crippen LogP contribution in [0.25, 0.3) is 0 Å². The lowest BCUT2D eigenvalue weighted by Gasteiger charge is -2.26. The Morgan fingerprint density at radius 1 is 1.04 bits per heavy atom. The third-order valence-corrected chi connectivity index (χ3v) is 4.13. The van der Waals surface area contributed by atoms with E-state index in [0.717, 1.165) is 18.6 Å². The van der Waals surface area contributed by atoms with E-state index in [1.165, 1.54) is 6.42 Å². The fourth-order valence-electron chi connectivity index (χ4n) is 2.51. The lowest BCUT2D eigenvalue weighted by molar-refractivity contribution is -0.139. The second-order valence-corrected chi connectivity index (χ2v) is 5.85. The summed E-state index contributed by atoms with van der Waals surface area (Å²) in [6, 6.07) is 14.3. The molecule has 1 fully saturated rings. The Bertz CT molecular complexity index is 708. The molecular weight excluding hydrogens is 306 g/mol. The largest absolute Gasteiger partial charge is 0.490 e. The average Bonchev–Trinajstić information content (AvgIpc) is 2.57. The number of carboxylic acids is 1. The van der Waals surface area contributed by atoms with Crippen LogP contribution in [-0.2, 0) is 4.79 Å². The number of carbonyl (C=O) groups is 2. The number of amides is 1. The van der Waals surface area contributed by atoms with Crippen molar-refractivity contribution in [2.75, 3.05) is 0 Å². The quantitative estimate of drug-likeness (QED) is 0.855. The third kappa shape index (κ3) is 3.74. The fraction of sp³-hybridized carbons (Fsp3) is 0.263. The second-order valence-electron chi connectivity index (χ2n) is 5.85. The highest BCUT2D eigenvalue weighted by Gasteiger charge is 2.23. The Kier molecular flexibility index (Phi) is 4.79. The predicted octanol–water partition coefficient (Wildman–Crippen LogP) is 3.17. The standard InChI is InChI=1S/C19H19NO4/c21-18(20-17(19(22)23)13-5-2-1-3-6-13)14-9-11-16(12-10-14)24-15-7-4-8-15/h1-3,5-6,9-12,15,17H,4,7-8H2,(H,20,21)(H,22,23)/t17-/m1/s1. The van der Waals surface area contributed by atoms with Gasteiger partial charge in [-0.2, -0.15) is 0 Å². The first kappa shape index (κ1) is 16.1. The van der Waals surface area contributed by atoms with Crippen LogP contribution in [-0.4, -0.2) is 23.1 Å².